The Bertz CT molecular complexity index is 429. The van der Waals surface area contributed by atoms with Crippen LogP contribution in [0.3, 0.4) is 0 Å². The summed E-state index contributed by atoms with van der Waals surface area (Å²) in [5.41, 5.74) is 1.46. The van der Waals surface area contributed by atoms with Gasteiger partial charge in [-0.3, -0.25) is 9.78 Å². The molecule has 4 heteroatoms. The second-order valence-electron chi connectivity index (χ2n) is 4.95. The summed E-state index contributed by atoms with van der Waals surface area (Å²) < 4.78 is 0. The Labute approximate surface area is 108 Å². The van der Waals surface area contributed by atoms with Crippen LogP contribution in [0.25, 0.3) is 0 Å². The molecule has 1 aromatic heterocycles. The molecular formula is C14H21N3O. The average molecular weight is 247 g/mol. The fourth-order valence-corrected chi connectivity index (χ4v) is 2.12. The lowest BCUT2D eigenvalue weighted by Crippen LogP contribution is -2.36. The molecule has 98 valence electrons. The molecule has 1 amide bonds. The predicted molar refractivity (Wildman–Crippen MR) is 72.7 cm³/mol. The van der Waals surface area contributed by atoms with Crippen molar-refractivity contribution in [1.82, 2.24) is 9.88 Å². The third kappa shape index (κ3) is 2.81. The summed E-state index contributed by atoms with van der Waals surface area (Å²) in [4.78, 5) is 18.3. The maximum absolute atomic E-state index is 12.3. The normalized spacial score (nSPS) is 16.2. The van der Waals surface area contributed by atoms with Crippen LogP contribution in [0.2, 0.25) is 0 Å². The van der Waals surface area contributed by atoms with Gasteiger partial charge in [0.05, 0.1) is 0 Å². The zero-order chi connectivity index (χ0) is 13.1. The number of hydrogen-bond acceptors (Lipinski definition) is 3. The van der Waals surface area contributed by atoms with Crippen LogP contribution in [0.1, 0.15) is 37.2 Å². The van der Waals surface area contributed by atoms with Crippen molar-refractivity contribution in [3.8, 4) is 0 Å². The summed E-state index contributed by atoms with van der Waals surface area (Å²) in [5, 5.41) is 3.20. The van der Waals surface area contributed by atoms with Crippen LogP contribution in [0.15, 0.2) is 18.3 Å². The van der Waals surface area contributed by atoms with Gasteiger partial charge in [-0.1, -0.05) is 0 Å². The molecule has 4 nitrogen and oxygen atoms in total. The number of aromatic nitrogens is 1. The minimum absolute atomic E-state index is 0.00848. The maximum Gasteiger partial charge on any atom is 0.272 e. The van der Waals surface area contributed by atoms with Crippen LogP contribution in [0.5, 0.6) is 0 Å². The van der Waals surface area contributed by atoms with Crippen molar-refractivity contribution < 1.29 is 4.79 Å². The van der Waals surface area contributed by atoms with E-state index in [1.54, 1.807) is 6.20 Å². The first-order valence-corrected chi connectivity index (χ1v) is 6.60. The highest BCUT2D eigenvalue weighted by Crippen LogP contribution is 2.35. The summed E-state index contributed by atoms with van der Waals surface area (Å²) in [6.45, 7) is 4.99. The van der Waals surface area contributed by atoms with Gasteiger partial charge in [0.25, 0.3) is 5.91 Å². The molecule has 0 aromatic carbocycles. The highest BCUT2D eigenvalue weighted by Gasteiger charge is 2.33. The van der Waals surface area contributed by atoms with E-state index in [1.807, 2.05) is 31.0 Å². The van der Waals surface area contributed by atoms with E-state index in [1.165, 1.54) is 12.8 Å². The van der Waals surface area contributed by atoms with Gasteiger partial charge >= 0.3 is 0 Å². The van der Waals surface area contributed by atoms with Crippen molar-refractivity contribution in [2.75, 3.05) is 18.9 Å². The molecule has 1 aliphatic rings. The molecule has 0 spiro atoms. The second kappa shape index (κ2) is 5.38. The lowest BCUT2D eigenvalue weighted by Gasteiger charge is -2.24. The molecule has 0 bridgehead atoms. The molecule has 1 saturated carbocycles. The first-order valence-electron chi connectivity index (χ1n) is 6.60. The number of anilines is 1. The molecule has 18 heavy (non-hydrogen) atoms. The van der Waals surface area contributed by atoms with E-state index in [0.29, 0.717) is 17.7 Å². The molecule has 1 heterocycles. The quantitative estimate of drug-likeness (QED) is 0.869. The van der Waals surface area contributed by atoms with Crippen LogP contribution >= 0.6 is 0 Å². The largest absolute Gasteiger partial charge is 0.385 e. The average Bonchev–Trinajstić information content (AvgIpc) is 3.21. The molecule has 1 N–H and O–H groups in total. The van der Waals surface area contributed by atoms with Gasteiger partial charge in [-0.05, 0) is 44.7 Å². The third-order valence-corrected chi connectivity index (χ3v) is 3.60. The predicted octanol–water partition coefficient (Wildman–Crippen LogP) is 2.38. The minimum atomic E-state index is 0.00848. The summed E-state index contributed by atoms with van der Waals surface area (Å²) >= 11 is 0. The van der Waals surface area contributed by atoms with E-state index in [-0.39, 0.29) is 5.91 Å². The Morgan fingerprint density at radius 2 is 2.33 bits per heavy atom. The standard InChI is InChI=1S/C14H21N3O/c1-4-15-12-7-8-16-13(9-12)14(18)17(3)10(2)11-5-6-11/h7-11H,4-6H2,1-3H3,(H,15,16). The summed E-state index contributed by atoms with van der Waals surface area (Å²) in [6.07, 6.45) is 4.16. The van der Waals surface area contributed by atoms with Gasteiger partial charge in [0.2, 0.25) is 0 Å². The number of rotatable bonds is 5. The molecule has 1 fully saturated rings. The van der Waals surface area contributed by atoms with Crippen molar-refractivity contribution in [2.24, 2.45) is 5.92 Å². The van der Waals surface area contributed by atoms with E-state index < -0.39 is 0 Å². The second-order valence-corrected chi connectivity index (χ2v) is 4.95. The van der Waals surface area contributed by atoms with Crippen molar-refractivity contribution >= 4 is 11.6 Å². The van der Waals surface area contributed by atoms with Crippen LogP contribution in [0, 0.1) is 5.92 Å². The monoisotopic (exact) mass is 247 g/mol. The van der Waals surface area contributed by atoms with Crippen LogP contribution in [0.4, 0.5) is 5.69 Å². The van der Waals surface area contributed by atoms with Crippen LogP contribution in [-0.4, -0.2) is 35.4 Å². The van der Waals surface area contributed by atoms with Gasteiger partial charge < -0.3 is 10.2 Å². The topological polar surface area (TPSA) is 45.2 Å². The fourth-order valence-electron chi connectivity index (χ4n) is 2.12. The van der Waals surface area contributed by atoms with E-state index in [0.717, 1.165) is 12.2 Å². The number of hydrogen-bond donors (Lipinski definition) is 1. The minimum Gasteiger partial charge on any atom is -0.385 e. The SMILES string of the molecule is CCNc1ccnc(C(=O)N(C)C(C)C2CC2)c1. The smallest absolute Gasteiger partial charge is 0.272 e. The van der Waals surface area contributed by atoms with Gasteiger partial charge in [-0.25, -0.2) is 0 Å². The van der Waals surface area contributed by atoms with Gasteiger partial charge in [-0.15, -0.1) is 0 Å². The lowest BCUT2D eigenvalue weighted by atomic mass is 10.2. The van der Waals surface area contributed by atoms with E-state index in [9.17, 15) is 4.79 Å². The molecular weight excluding hydrogens is 226 g/mol. The van der Waals surface area contributed by atoms with Gasteiger partial charge in [0.1, 0.15) is 5.69 Å². The number of pyridine rings is 1. The number of amides is 1. The number of carbonyl (C=O) groups is 1. The third-order valence-electron chi connectivity index (χ3n) is 3.60. The van der Waals surface area contributed by atoms with Crippen molar-refractivity contribution in [3.63, 3.8) is 0 Å². The van der Waals surface area contributed by atoms with Crippen molar-refractivity contribution in [1.29, 1.82) is 0 Å². The van der Waals surface area contributed by atoms with Crippen LogP contribution in [-0.2, 0) is 0 Å². The molecule has 1 unspecified atom stereocenters. The first-order chi connectivity index (χ1) is 8.63. The summed E-state index contributed by atoms with van der Waals surface area (Å²) in [6, 6.07) is 4.01. The first kappa shape index (κ1) is 12.9. The molecule has 0 saturated heterocycles. The number of carbonyl (C=O) groups excluding carboxylic acids is 1. The molecule has 2 rings (SSSR count). The number of nitrogens with one attached hydrogen (secondary N) is 1. The fraction of sp³-hybridized carbons (Fsp3) is 0.571. The van der Waals surface area contributed by atoms with Crippen LogP contribution < -0.4 is 5.32 Å². The summed E-state index contributed by atoms with van der Waals surface area (Å²) in [7, 11) is 1.87. The zero-order valence-corrected chi connectivity index (χ0v) is 11.3. The van der Waals surface area contributed by atoms with Gasteiger partial charge in [0, 0.05) is 31.5 Å². The van der Waals surface area contributed by atoms with Gasteiger partial charge in [-0.2, -0.15) is 0 Å². The molecule has 1 aliphatic carbocycles. The lowest BCUT2D eigenvalue weighted by molar-refractivity contribution is 0.0721. The zero-order valence-electron chi connectivity index (χ0n) is 11.3. The Morgan fingerprint density at radius 1 is 1.61 bits per heavy atom. The highest BCUT2D eigenvalue weighted by molar-refractivity contribution is 5.93. The highest BCUT2D eigenvalue weighted by atomic mass is 16.2. The maximum atomic E-state index is 12.3. The molecule has 0 aliphatic heterocycles. The van der Waals surface area contributed by atoms with E-state index in [4.69, 9.17) is 0 Å². The van der Waals surface area contributed by atoms with Gasteiger partial charge in [0.15, 0.2) is 0 Å². The summed E-state index contributed by atoms with van der Waals surface area (Å²) in [5.74, 6) is 0.685. The van der Waals surface area contributed by atoms with E-state index >= 15 is 0 Å². The number of nitrogens with zero attached hydrogens (tertiary/aromatic N) is 2. The Balaban J connectivity index is 2.09. The van der Waals surface area contributed by atoms with Crippen molar-refractivity contribution in [3.05, 3.63) is 24.0 Å². The Morgan fingerprint density at radius 3 is 2.94 bits per heavy atom. The molecule has 0 radical (unpaired) electrons. The Hall–Kier alpha value is -1.58. The molecule has 1 atom stereocenters. The Kier molecular flexibility index (Phi) is 3.84. The molecule has 1 aromatic rings. The van der Waals surface area contributed by atoms with Crippen molar-refractivity contribution in [2.45, 2.75) is 32.7 Å². The van der Waals surface area contributed by atoms with E-state index in [2.05, 4.69) is 17.2 Å².